The van der Waals surface area contributed by atoms with Crippen LogP contribution in [0, 0.1) is 29.1 Å². The molecular weight excluding hydrogens is 488 g/mol. The Morgan fingerprint density at radius 2 is 1.82 bits per heavy atom. The second kappa shape index (κ2) is 10.5. The number of allylic oxidation sites excluding steroid dienone is 2. The number of aliphatic hydroxyl groups is 3. The maximum Gasteiger partial charge on any atom is 0.187 e. The van der Waals surface area contributed by atoms with Gasteiger partial charge >= 0.3 is 0 Å². The van der Waals surface area contributed by atoms with Gasteiger partial charge in [-0.15, -0.1) is 0 Å². The van der Waals surface area contributed by atoms with Crippen molar-refractivity contribution in [1.29, 1.82) is 0 Å². The molecule has 0 bridgehead atoms. The van der Waals surface area contributed by atoms with Crippen molar-refractivity contribution in [2.24, 2.45) is 29.1 Å². The van der Waals surface area contributed by atoms with E-state index in [4.69, 9.17) is 23.7 Å². The van der Waals surface area contributed by atoms with Crippen LogP contribution in [-0.2, 0) is 23.7 Å². The molecule has 0 spiro atoms. The van der Waals surface area contributed by atoms with E-state index in [-0.39, 0.29) is 23.9 Å². The van der Waals surface area contributed by atoms with Gasteiger partial charge in [-0.3, -0.25) is 0 Å². The molecule has 8 nitrogen and oxygen atoms in total. The van der Waals surface area contributed by atoms with E-state index in [1.807, 2.05) is 0 Å². The van der Waals surface area contributed by atoms with Crippen molar-refractivity contribution in [3.8, 4) is 0 Å². The van der Waals surface area contributed by atoms with Gasteiger partial charge in [0.15, 0.2) is 12.1 Å². The molecule has 11 atom stereocenters. The SMILES string of the molecule is COC[C@H]1CC[C@@H]2/C1=C\[C@@]1(C)CCC(C(C)C)=C1[C@@H](O[C@H]1O[C@@H]3COC(C)(C)O[C@H]3[C@H](O)[C@H]1O)[C@H](O)[C@@H]2C. The van der Waals surface area contributed by atoms with Gasteiger partial charge < -0.3 is 39.0 Å². The smallest absolute Gasteiger partial charge is 0.187 e. The summed E-state index contributed by atoms with van der Waals surface area (Å²) in [6.07, 6.45) is -0.00587. The molecule has 3 fully saturated rings. The summed E-state index contributed by atoms with van der Waals surface area (Å²) in [6, 6.07) is 0. The van der Waals surface area contributed by atoms with Crippen LogP contribution in [0.5, 0.6) is 0 Å². The van der Waals surface area contributed by atoms with Crippen LogP contribution in [0.4, 0.5) is 0 Å². The molecular formula is C30H48O8. The highest BCUT2D eigenvalue weighted by Gasteiger charge is 2.54. The molecule has 0 aromatic carbocycles. The summed E-state index contributed by atoms with van der Waals surface area (Å²) in [4.78, 5) is 0. The molecule has 2 heterocycles. The molecule has 3 aliphatic carbocycles. The maximum absolute atomic E-state index is 12.0. The van der Waals surface area contributed by atoms with Crippen LogP contribution in [0.15, 0.2) is 22.8 Å². The minimum atomic E-state index is -1.32. The molecule has 5 aliphatic rings. The highest BCUT2D eigenvalue weighted by atomic mass is 16.8. The maximum atomic E-state index is 12.0. The van der Waals surface area contributed by atoms with Crippen LogP contribution in [0.1, 0.15) is 67.2 Å². The Morgan fingerprint density at radius 3 is 2.50 bits per heavy atom. The topological polar surface area (TPSA) is 107 Å². The second-order valence-electron chi connectivity index (χ2n) is 13.2. The zero-order chi connectivity index (χ0) is 27.6. The van der Waals surface area contributed by atoms with Gasteiger partial charge in [-0.1, -0.05) is 44.9 Å². The van der Waals surface area contributed by atoms with E-state index in [1.54, 1.807) is 21.0 Å². The lowest BCUT2D eigenvalue weighted by Crippen LogP contribution is -2.65. The van der Waals surface area contributed by atoms with E-state index < -0.39 is 48.7 Å². The van der Waals surface area contributed by atoms with Crippen molar-refractivity contribution < 1.29 is 39.0 Å². The first-order valence-corrected chi connectivity index (χ1v) is 14.5. The van der Waals surface area contributed by atoms with Crippen LogP contribution in [0.3, 0.4) is 0 Å². The molecule has 2 aliphatic heterocycles. The summed E-state index contributed by atoms with van der Waals surface area (Å²) in [5, 5.41) is 34.1. The largest absolute Gasteiger partial charge is 0.390 e. The molecule has 0 amide bonds. The minimum absolute atomic E-state index is 0.0558. The van der Waals surface area contributed by atoms with Gasteiger partial charge in [-0.05, 0) is 62.9 Å². The summed E-state index contributed by atoms with van der Waals surface area (Å²) in [7, 11) is 1.76. The monoisotopic (exact) mass is 536 g/mol. The lowest BCUT2D eigenvalue weighted by Gasteiger charge is -2.50. The molecule has 8 heteroatoms. The lowest BCUT2D eigenvalue weighted by atomic mass is 9.68. The van der Waals surface area contributed by atoms with Gasteiger partial charge in [0.1, 0.15) is 30.5 Å². The van der Waals surface area contributed by atoms with E-state index in [0.29, 0.717) is 18.4 Å². The van der Waals surface area contributed by atoms with Crippen molar-refractivity contribution >= 4 is 0 Å². The fourth-order valence-corrected chi connectivity index (χ4v) is 7.76. The van der Waals surface area contributed by atoms with Crippen LogP contribution in [0.2, 0.25) is 0 Å². The van der Waals surface area contributed by atoms with E-state index in [2.05, 4.69) is 33.8 Å². The number of aliphatic hydroxyl groups excluding tert-OH is 3. The number of ether oxygens (including phenoxy) is 5. The van der Waals surface area contributed by atoms with Crippen molar-refractivity contribution in [2.45, 2.75) is 116 Å². The molecule has 1 saturated carbocycles. The Balaban J connectivity index is 1.51. The second-order valence-corrected chi connectivity index (χ2v) is 13.2. The van der Waals surface area contributed by atoms with Gasteiger partial charge in [0.25, 0.3) is 0 Å². The third-order valence-electron chi connectivity index (χ3n) is 9.86. The van der Waals surface area contributed by atoms with Crippen molar-refractivity contribution in [3.63, 3.8) is 0 Å². The third-order valence-corrected chi connectivity index (χ3v) is 9.86. The first-order valence-electron chi connectivity index (χ1n) is 14.5. The molecule has 38 heavy (non-hydrogen) atoms. The number of rotatable bonds is 5. The molecule has 5 rings (SSSR count). The van der Waals surface area contributed by atoms with Gasteiger partial charge in [-0.25, -0.2) is 0 Å². The zero-order valence-corrected chi connectivity index (χ0v) is 24.1. The predicted molar refractivity (Wildman–Crippen MR) is 141 cm³/mol. The van der Waals surface area contributed by atoms with Crippen LogP contribution < -0.4 is 0 Å². The normalized spacial score (nSPS) is 48.1. The zero-order valence-electron chi connectivity index (χ0n) is 24.1. The number of methoxy groups -OCH3 is 1. The van der Waals surface area contributed by atoms with Crippen molar-refractivity contribution in [2.75, 3.05) is 20.3 Å². The molecule has 0 aromatic heterocycles. The van der Waals surface area contributed by atoms with E-state index in [1.165, 1.54) is 11.1 Å². The summed E-state index contributed by atoms with van der Waals surface area (Å²) in [5.74, 6) is -0.0306. The highest BCUT2D eigenvalue weighted by Crippen LogP contribution is 2.55. The number of hydrogen-bond donors (Lipinski definition) is 3. The quantitative estimate of drug-likeness (QED) is 0.460. The lowest BCUT2D eigenvalue weighted by molar-refractivity contribution is -0.387. The Morgan fingerprint density at radius 1 is 1.08 bits per heavy atom. The van der Waals surface area contributed by atoms with Crippen LogP contribution in [0.25, 0.3) is 0 Å². The fourth-order valence-electron chi connectivity index (χ4n) is 7.76. The van der Waals surface area contributed by atoms with Crippen LogP contribution >= 0.6 is 0 Å². The van der Waals surface area contributed by atoms with Gasteiger partial charge in [-0.2, -0.15) is 0 Å². The Bertz CT molecular complexity index is 941. The number of fused-ring (bicyclic) bond motifs is 3. The summed E-state index contributed by atoms with van der Waals surface area (Å²) < 4.78 is 30.1. The fraction of sp³-hybridized carbons (Fsp3) is 0.867. The average molecular weight is 537 g/mol. The molecule has 3 N–H and O–H groups in total. The van der Waals surface area contributed by atoms with Gasteiger partial charge in [0, 0.05) is 18.4 Å². The first kappa shape index (κ1) is 28.7. The molecule has 2 saturated heterocycles. The molecule has 216 valence electrons. The molecule has 0 radical (unpaired) electrons. The standard InChI is InChI=1S/C30H48O8/c1-15(2)18-10-11-30(6)12-20-17(13-34-7)8-9-19(20)16(3)23(31)27(22(18)30)37-28-25(33)24(32)26-21(36-28)14-35-29(4,5)38-26/h12,15-17,19,21,23-28,31-33H,8-11,13-14H2,1-7H3/b20-12-/t16-,17-,19+,21-,23-,24-,25-,26-,27-,28-,30-/m1/s1. The minimum Gasteiger partial charge on any atom is -0.390 e. The Hall–Kier alpha value is -0.840. The third kappa shape index (κ3) is 4.94. The number of hydrogen-bond acceptors (Lipinski definition) is 8. The summed E-state index contributed by atoms with van der Waals surface area (Å²) >= 11 is 0. The summed E-state index contributed by atoms with van der Waals surface area (Å²) in [5.41, 5.74) is 3.53. The van der Waals surface area contributed by atoms with E-state index >= 15 is 0 Å². The average Bonchev–Trinajstić information content (AvgIpc) is 3.40. The first-order chi connectivity index (χ1) is 17.9. The highest BCUT2D eigenvalue weighted by molar-refractivity contribution is 5.41. The predicted octanol–water partition coefficient (Wildman–Crippen LogP) is 3.33. The molecule has 0 aromatic rings. The van der Waals surface area contributed by atoms with E-state index in [0.717, 1.165) is 31.3 Å². The summed E-state index contributed by atoms with van der Waals surface area (Å²) in [6.45, 7) is 13.2. The Labute approximate surface area is 227 Å². The van der Waals surface area contributed by atoms with Crippen molar-refractivity contribution in [3.05, 3.63) is 22.8 Å². The van der Waals surface area contributed by atoms with Crippen LogP contribution in [-0.4, -0.2) is 84.3 Å². The van der Waals surface area contributed by atoms with Gasteiger partial charge in [0.05, 0.1) is 19.3 Å². The Kier molecular flexibility index (Phi) is 7.95. The molecule has 0 unspecified atom stereocenters. The van der Waals surface area contributed by atoms with Gasteiger partial charge in [0.2, 0.25) is 0 Å². The van der Waals surface area contributed by atoms with Crippen molar-refractivity contribution in [1.82, 2.24) is 0 Å². The van der Waals surface area contributed by atoms with E-state index in [9.17, 15) is 15.3 Å².